The van der Waals surface area contributed by atoms with Crippen molar-refractivity contribution in [3.63, 3.8) is 0 Å². The van der Waals surface area contributed by atoms with E-state index in [4.69, 9.17) is 0 Å². The molecule has 0 aliphatic heterocycles. The maximum atomic E-state index is 12.6. The quantitative estimate of drug-likeness (QED) is 0.618. The first-order valence-corrected chi connectivity index (χ1v) is 7.64. The van der Waals surface area contributed by atoms with E-state index in [1.165, 1.54) is 0 Å². The van der Waals surface area contributed by atoms with Gasteiger partial charge in [-0.05, 0) is 41.0 Å². The van der Waals surface area contributed by atoms with E-state index in [-0.39, 0.29) is 12.8 Å². The lowest BCUT2D eigenvalue weighted by molar-refractivity contribution is -0.166. The molecular formula is C18H24O5. The lowest BCUT2D eigenvalue weighted by atomic mass is 9.66. The number of Topliss-reactive ketones (excluding diaryl/α,β-unsaturated/α-hetero) is 4. The molecule has 0 aromatic carbocycles. The van der Waals surface area contributed by atoms with Crippen molar-refractivity contribution in [3.8, 4) is 0 Å². The van der Waals surface area contributed by atoms with Gasteiger partial charge < -0.3 is 5.11 Å². The van der Waals surface area contributed by atoms with Crippen molar-refractivity contribution >= 4 is 23.1 Å². The third-order valence-electron chi connectivity index (χ3n) is 4.00. The maximum Gasteiger partial charge on any atom is 0.190 e. The molecule has 5 heteroatoms. The minimum atomic E-state index is -2.30. The second-order valence-electron chi connectivity index (χ2n) is 6.59. The Morgan fingerprint density at radius 3 is 1.96 bits per heavy atom. The molecule has 3 unspecified atom stereocenters. The number of rotatable bonds is 5. The first kappa shape index (κ1) is 19.2. The van der Waals surface area contributed by atoms with Gasteiger partial charge >= 0.3 is 0 Å². The lowest BCUT2D eigenvalue weighted by Crippen LogP contribution is -2.61. The number of aliphatic hydroxyl groups is 1. The predicted molar refractivity (Wildman–Crippen MR) is 85.7 cm³/mol. The molecule has 0 spiro atoms. The molecule has 0 aromatic rings. The molecule has 0 amide bonds. The summed E-state index contributed by atoms with van der Waals surface area (Å²) < 4.78 is 0. The minimum Gasteiger partial charge on any atom is -0.374 e. The zero-order valence-electron chi connectivity index (χ0n) is 14.3. The smallest absolute Gasteiger partial charge is 0.190 e. The van der Waals surface area contributed by atoms with Gasteiger partial charge in [0, 0.05) is 6.42 Å². The fraction of sp³-hybridized carbons (Fsp3) is 0.556. The molecule has 23 heavy (non-hydrogen) atoms. The lowest BCUT2D eigenvalue weighted by Gasteiger charge is -2.35. The van der Waals surface area contributed by atoms with Gasteiger partial charge in [-0.25, -0.2) is 0 Å². The molecule has 0 heterocycles. The second-order valence-corrected chi connectivity index (χ2v) is 6.59. The van der Waals surface area contributed by atoms with E-state index in [9.17, 15) is 24.3 Å². The Morgan fingerprint density at radius 2 is 1.52 bits per heavy atom. The van der Waals surface area contributed by atoms with Crippen molar-refractivity contribution in [2.24, 2.45) is 11.8 Å². The molecular weight excluding hydrogens is 296 g/mol. The van der Waals surface area contributed by atoms with E-state index in [1.807, 2.05) is 13.8 Å². The Kier molecular flexibility index (Phi) is 5.94. The fourth-order valence-electron chi connectivity index (χ4n) is 2.62. The Balaban J connectivity index is 3.34. The molecule has 0 radical (unpaired) electrons. The van der Waals surface area contributed by atoms with Crippen LogP contribution in [0.3, 0.4) is 0 Å². The van der Waals surface area contributed by atoms with Crippen molar-refractivity contribution in [3.05, 3.63) is 23.3 Å². The van der Waals surface area contributed by atoms with Gasteiger partial charge in [-0.1, -0.05) is 23.3 Å². The van der Waals surface area contributed by atoms with Gasteiger partial charge in [-0.15, -0.1) is 0 Å². The predicted octanol–water partition coefficient (Wildman–Crippen LogP) is 1.97. The highest BCUT2D eigenvalue weighted by molar-refractivity contribution is 6.35. The van der Waals surface area contributed by atoms with E-state index < -0.39 is 40.6 Å². The SMILES string of the molecule is CC(=O)C1C(=O)C(CC=C(C)C)C(=O)C(O)(CC=C(C)C)C1=O. The third-order valence-corrected chi connectivity index (χ3v) is 4.00. The van der Waals surface area contributed by atoms with Gasteiger partial charge in [0.2, 0.25) is 0 Å². The first-order valence-electron chi connectivity index (χ1n) is 7.64. The summed E-state index contributed by atoms with van der Waals surface area (Å²) in [4.78, 5) is 49.2. The number of carbonyl (C=O) groups is 4. The number of hydrogen-bond donors (Lipinski definition) is 1. The number of ketones is 4. The standard InChI is InChI=1S/C18H24O5/c1-10(2)6-7-13-15(20)14(12(5)19)17(22)18(23,16(13)21)9-8-11(3)4/h6,8,13-14,23H,7,9H2,1-5H3. The Hall–Kier alpha value is -1.88. The number of hydrogen-bond acceptors (Lipinski definition) is 5. The summed E-state index contributed by atoms with van der Waals surface area (Å²) in [5.41, 5.74) is -0.562. The summed E-state index contributed by atoms with van der Waals surface area (Å²) in [5, 5.41) is 10.7. The summed E-state index contributed by atoms with van der Waals surface area (Å²) in [6.45, 7) is 8.32. The summed E-state index contributed by atoms with van der Waals surface area (Å²) in [6, 6.07) is 0. The highest BCUT2D eigenvalue weighted by Gasteiger charge is 2.58. The van der Waals surface area contributed by atoms with Crippen molar-refractivity contribution in [1.29, 1.82) is 0 Å². The molecule has 5 nitrogen and oxygen atoms in total. The zero-order valence-corrected chi connectivity index (χ0v) is 14.3. The Labute approximate surface area is 136 Å². The molecule has 1 N–H and O–H groups in total. The highest BCUT2D eigenvalue weighted by atomic mass is 16.3. The van der Waals surface area contributed by atoms with Crippen LogP contribution in [0.1, 0.15) is 47.5 Å². The summed E-state index contributed by atoms with van der Waals surface area (Å²) >= 11 is 0. The normalized spacial score (nSPS) is 27.7. The third kappa shape index (κ3) is 3.91. The molecule has 0 aromatic heterocycles. The van der Waals surface area contributed by atoms with E-state index in [1.54, 1.807) is 26.0 Å². The van der Waals surface area contributed by atoms with Gasteiger partial charge in [0.25, 0.3) is 0 Å². The van der Waals surface area contributed by atoms with Crippen molar-refractivity contribution in [2.45, 2.75) is 53.1 Å². The summed E-state index contributed by atoms with van der Waals surface area (Å²) in [5.74, 6) is -5.85. The molecule has 1 rings (SSSR count). The number of carbonyl (C=O) groups excluding carboxylic acids is 4. The highest BCUT2D eigenvalue weighted by Crippen LogP contribution is 2.33. The zero-order chi connectivity index (χ0) is 17.9. The molecule has 1 saturated carbocycles. The van der Waals surface area contributed by atoms with Crippen LogP contribution in [0.5, 0.6) is 0 Å². The first-order chi connectivity index (χ1) is 10.5. The van der Waals surface area contributed by atoms with Crippen LogP contribution in [0.2, 0.25) is 0 Å². The van der Waals surface area contributed by atoms with Gasteiger partial charge in [-0.3, -0.25) is 19.2 Å². The van der Waals surface area contributed by atoms with Gasteiger partial charge in [0.15, 0.2) is 23.0 Å². The molecule has 126 valence electrons. The molecule has 1 aliphatic carbocycles. The topological polar surface area (TPSA) is 88.5 Å². The monoisotopic (exact) mass is 320 g/mol. The van der Waals surface area contributed by atoms with Crippen LogP contribution in [0.4, 0.5) is 0 Å². The van der Waals surface area contributed by atoms with E-state index in [0.717, 1.165) is 18.1 Å². The van der Waals surface area contributed by atoms with Crippen LogP contribution in [-0.4, -0.2) is 33.8 Å². The Morgan fingerprint density at radius 1 is 1.00 bits per heavy atom. The molecule has 1 fully saturated rings. The largest absolute Gasteiger partial charge is 0.374 e. The van der Waals surface area contributed by atoms with Crippen LogP contribution >= 0.6 is 0 Å². The molecule has 0 bridgehead atoms. The van der Waals surface area contributed by atoms with Gasteiger partial charge in [-0.2, -0.15) is 0 Å². The van der Waals surface area contributed by atoms with Crippen molar-refractivity contribution < 1.29 is 24.3 Å². The number of allylic oxidation sites excluding steroid dienone is 3. The van der Waals surface area contributed by atoms with Crippen molar-refractivity contribution in [2.75, 3.05) is 0 Å². The van der Waals surface area contributed by atoms with Crippen LogP contribution in [-0.2, 0) is 19.2 Å². The van der Waals surface area contributed by atoms with Crippen LogP contribution in [0.15, 0.2) is 23.3 Å². The molecule has 0 saturated heterocycles. The van der Waals surface area contributed by atoms with Gasteiger partial charge in [0.1, 0.15) is 11.7 Å². The molecule has 1 aliphatic rings. The van der Waals surface area contributed by atoms with Crippen LogP contribution in [0, 0.1) is 11.8 Å². The van der Waals surface area contributed by atoms with E-state index in [2.05, 4.69) is 0 Å². The minimum absolute atomic E-state index is 0.0915. The van der Waals surface area contributed by atoms with E-state index in [0.29, 0.717) is 0 Å². The Bertz CT molecular complexity index is 603. The summed E-state index contributed by atoms with van der Waals surface area (Å²) in [7, 11) is 0. The average molecular weight is 320 g/mol. The van der Waals surface area contributed by atoms with Crippen LogP contribution in [0.25, 0.3) is 0 Å². The van der Waals surface area contributed by atoms with E-state index >= 15 is 0 Å². The fourth-order valence-corrected chi connectivity index (χ4v) is 2.62. The average Bonchev–Trinajstić information content (AvgIpc) is 2.42. The molecule has 3 atom stereocenters. The van der Waals surface area contributed by atoms with Gasteiger partial charge in [0.05, 0.1) is 5.92 Å². The summed E-state index contributed by atoms with van der Waals surface area (Å²) in [6.07, 6.45) is 3.15. The van der Waals surface area contributed by atoms with Crippen molar-refractivity contribution in [1.82, 2.24) is 0 Å². The van der Waals surface area contributed by atoms with Crippen LogP contribution < -0.4 is 0 Å². The second kappa shape index (κ2) is 7.13. The maximum absolute atomic E-state index is 12.6.